The van der Waals surface area contributed by atoms with E-state index in [1.807, 2.05) is 12.1 Å². The monoisotopic (exact) mass is 236 g/mol. The molecule has 0 unspecified atom stereocenters. The first kappa shape index (κ1) is 10.6. The van der Waals surface area contributed by atoms with E-state index in [1.165, 1.54) is 6.20 Å². The van der Waals surface area contributed by atoms with Crippen LogP contribution in [0.3, 0.4) is 0 Å². The van der Waals surface area contributed by atoms with E-state index in [2.05, 4.69) is 20.5 Å². The van der Waals surface area contributed by atoms with Gasteiger partial charge in [-0.25, -0.2) is 5.10 Å². The minimum Gasteiger partial charge on any atom is -0.378 e. The van der Waals surface area contributed by atoms with Crippen LogP contribution in [0.4, 0.5) is 5.69 Å². The lowest BCUT2D eigenvalue weighted by Gasteiger charge is -2.06. The Kier molecular flexibility index (Phi) is 3.16. The molecule has 0 aliphatic carbocycles. The number of hydrogen-bond donors (Lipinski definition) is 2. The van der Waals surface area contributed by atoms with E-state index in [-0.39, 0.29) is 5.02 Å². The van der Waals surface area contributed by atoms with Crippen LogP contribution in [0.15, 0.2) is 35.5 Å². The van der Waals surface area contributed by atoms with Crippen LogP contribution in [0.25, 0.3) is 0 Å². The Balaban J connectivity index is 2.11. The average molecular weight is 237 g/mol. The van der Waals surface area contributed by atoms with Crippen molar-refractivity contribution in [2.24, 2.45) is 0 Å². The molecule has 2 N–H and O–H groups in total. The quantitative estimate of drug-likeness (QED) is 0.846. The van der Waals surface area contributed by atoms with Gasteiger partial charge < -0.3 is 5.32 Å². The highest BCUT2D eigenvalue weighted by atomic mass is 35.5. The van der Waals surface area contributed by atoms with E-state index in [4.69, 9.17) is 11.6 Å². The molecule has 6 heteroatoms. The summed E-state index contributed by atoms with van der Waals surface area (Å²) in [6, 6.07) is 3.77. The molecule has 0 amide bonds. The fraction of sp³-hybridized carbons (Fsp3) is 0.100. The van der Waals surface area contributed by atoms with Crippen LogP contribution in [-0.4, -0.2) is 15.2 Å². The second kappa shape index (κ2) is 4.76. The van der Waals surface area contributed by atoms with Gasteiger partial charge in [0.1, 0.15) is 5.02 Å². The van der Waals surface area contributed by atoms with Gasteiger partial charge in [0.05, 0.1) is 11.9 Å². The van der Waals surface area contributed by atoms with E-state index >= 15 is 0 Å². The fourth-order valence-electron chi connectivity index (χ4n) is 1.21. The molecule has 0 saturated heterocycles. The number of hydrogen-bond acceptors (Lipinski definition) is 4. The summed E-state index contributed by atoms with van der Waals surface area (Å²) in [5.74, 6) is 0. The van der Waals surface area contributed by atoms with Crippen molar-refractivity contribution in [1.29, 1.82) is 0 Å². The first-order valence-electron chi connectivity index (χ1n) is 4.63. The number of nitrogens with one attached hydrogen (secondary N) is 2. The molecule has 2 aromatic heterocycles. The first-order chi connectivity index (χ1) is 7.77. The van der Waals surface area contributed by atoms with Crippen LogP contribution in [0.2, 0.25) is 5.02 Å². The average Bonchev–Trinajstić information content (AvgIpc) is 2.32. The molecule has 0 fully saturated rings. The third-order valence-electron chi connectivity index (χ3n) is 2.00. The molecule has 0 saturated carbocycles. The zero-order chi connectivity index (χ0) is 11.4. The van der Waals surface area contributed by atoms with Gasteiger partial charge in [-0.05, 0) is 11.6 Å². The lowest BCUT2D eigenvalue weighted by atomic mass is 10.3. The number of aromatic amines is 1. The lowest BCUT2D eigenvalue weighted by molar-refractivity contribution is 0.980. The van der Waals surface area contributed by atoms with Gasteiger partial charge in [0.2, 0.25) is 0 Å². The molecule has 2 heterocycles. The Hall–Kier alpha value is -1.88. The molecule has 0 spiro atoms. The van der Waals surface area contributed by atoms with Crippen LogP contribution < -0.4 is 10.9 Å². The summed E-state index contributed by atoms with van der Waals surface area (Å²) >= 11 is 5.80. The minimum absolute atomic E-state index is 0.110. The van der Waals surface area contributed by atoms with Gasteiger partial charge in [-0.2, -0.15) is 5.10 Å². The van der Waals surface area contributed by atoms with Crippen LogP contribution in [-0.2, 0) is 6.54 Å². The number of pyridine rings is 1. The van der Waals surface area contributed by atoms with E-state index in [1.54, 1.807) is 12.4 Å². The van der Waals surface area contributed by atoms with Crippen LogP contribution in [0.1, 0.15) is 5.56 Å². The molecule has 0 aliphatic heterocycles. The second-order valence-electron chi connectivity index (χ2n) is 3.14. The topological polar surface area (TPSA) is 70.7 Å². The van der Waals surface area contributed by atoms with Gasteiger partial charge >= 0.3 is 0 Å². The van der Waals surface area contributed by atoms with Crippen molar-refractivity contribution in [3.8, 4) is 0 Å². The van der Waals surface area contributed by atoms with E-state index in [9.17, 15) is 4.79 Å². The maximum Gasteiger partial charge on any atom is 0.285 e. The second-order valence-corrected chi connectivity index (χ2v) is 3.52. The smallest absolute Gasteiger partial charge is 0.285 e. The number of rotatable bonds is 3. The van der Waals surface area contributed by atoms with E-state index in [0.29, 0.717) is 12.2 Å². The predicted octanol–water partition coefficient (Wildman–Crippen LogP) is 1.43. The van der Waals surface area contributed by atoms with Crippen LogP contribution in [0.5, 0.6) is 0 Å². The maximum absolute atomic E-state index is 11.1. The van der Waals surface area contributed by atoms with E-state index < -0.39 is 5.56 Å². The van der Waals surface area contributed by atoms with Gasteiger partial charge in [0.25, 0.3) is 5.56 Å². The Morgan fingerprint density at radius 2 is 2.31 bits per heavy atom. The SMILES string of the molecule is O=c1[nH]ncc(NCc2cccnc2)c1Cl. The van der Waals surface area contributed by atoms with Crippen molar-refractivity contribution in [2.45, 2.75) is 6.54 Å². The van der Waals surface area contributed by atoms with Gasteiger partial charge in [0, 0.05) is 18.9 Å². The Labute approximate surface area is 96.5 Å². The third-order valence-corrected chi connectivity index (χ3v) is 2.38. The van der Waals surface area contributed by atoms with Gasteiger partial charge in [-0.15, -0.1) is 0 Å². The summed E-state index contributed by atoms with van der Waals surface area (Å²) in [6.45, 7) is 0.540. The molecule has 0 bridgehead atoms. The fourth-order valence-corrected chi connectivity index (χ4v) is 1.36. The Morgan fingerprint density at radius 1 is 1.44 bits per heavy atom. The number of aromatic nitrogens is 3. The van der Waals surface area contributed by atoms with Gasteiger partial charge in [0.15, 0.2) is 0 Å². The number of anilines is 1. The molecular formula is C10H9ClN4O. The zero-order valence-corrected chi connectivity index (χ0v) is 9.03. The van der Waals surface area contributed by atoms with E-state index in [0.717, 1.165) is 5.56 Å². The molecule has 0 aromatic carbocycles. The summed E-state index contributed by atoms with van der Waals surface area (Å²) in [7, 11) is 0. The van der Waals surface area contributed by atoms with Crippen molar-refractivity contribution in [3.05, 3.63) is 51.7 Å². The summed E-state index contributed by atoms with van der Waals surface area (Å²) in [5.41, 5.74) is 1.10. The summed E-state index contributed by atoms with van der Waals surface area (Å²) in [5, 5.41) is 9.03. The standard InChI is InChI=1S/C10H9ClN4O/c11-9-8(6-14-15-10(9)16)13-5-7-2-1-3-12-4-7/h1-4,6H,5H2,(H2,13,15,16). The summed E-state index contributed by atoms with van der Waals surface area (Å²) in [6.07, 6.45) is 4.91. The largest absolute Gasteiger partial charge is 0.378 e. The summed E-state index contributed by atoms with van der Waals surface area (Å²) in [4.78, 5) is 15.1. The molecule has 82 valence electrons. The normalized spacial score (nSPS) is 10.1. The van der Waals surface area contributed by atoms with Crippen molar-refractivity contribution in [3.63, 3.8) is 0 Å². The molecule has 0 atom stereocenters. The highest BCUT2D eigenvalue weighted by Crippen LogP contribution is 2.15. The summed E-state index contributed by atoms with van der Waals surface area (Å²) < 4.78 is 0. The van der Waals surface area contributed by atoms with Crippen molar-refractivity contribution in [1.82, 2.24) is 15.2 Å². The highest BCUT2D eigenvalue weighted by Gasteiger charge is 2.03. The zero-order valence-electron chi connectivity index (χ0n) is 8.27. The lowest BCUT2D eigenvalue weighted by Crippen LogP contribution is -2.11. The van der Waals surface area contributed by atoms with Crippen molar-refractivity contribution in [2.75, 3.05) is 5.32 Å². The van der Waals surface area contributed by atoms with Gasteiger partial charge in [-0.3, -0.25) is 9.78 Å². The molecule has 16 heavy (non-hydrogen) atoms. The minimum atomic E-state index is -0.405. The van der Waals surface area contributed by atoms with Crippen LogP contribution >= 0.6 is 11.6 Å². The molecule has 2 rings (SSSR count). The van der Waals surface area contributed by atoms with Crippen molar-refractivity contribution < 1.29 is 0 Å². The molecule has 5 nitrogen and oxygen atoms in total. The first-order valence-corrected chi connectivity index (χ1v) is 5.01. The van der Waals surface area contributed by atoms with Crippen LogP contribution in [0, 0.1) is 0 Å². The molecule has 0 aliphatic rings. The Bertz CT molecular complexity index is 526. The number of nitrogens with zero attached hydrogens (tertiary/aromatic N) is 2. The molecule has 0 radical (unpaired) electrons. The number of halogens is 1. The Morgan fingerprint density at radius 3 is 3.06 bits per heavy atom. The maximum atomic E-state index is 11.1. The highest BCUT2D eigenvalue weighted by molar-refractivity contribution is 6.32. The molecular weight excluding hydrogens is 228 g/mol. The molecule has 2 aromatic rings. The predicted molar refractivity (Wildman–Crippen MR) is 61.4 cm³/mol. The van der Waals surface area contributed by atoms with Crippen molar-refractivity contribution >= 4 is 17.3 Å². The van der Waals surface area contributed by atoms with Gasteiger partial charge in [-0.1, -0.05) is 17.7 Å². The third kappa shape index (κ3) is 2.38. The number of H-pyrrole nitrogens is 1.